The zero-order chi connectivity index (χ0) is 9.97. The number of hydrogen-bond acceptors (Lipinski definition) is 2. The first kappa shape index (κ1) is 10.4. The highest BCUT2D eigenvalue weighted by atomic mass is 16.5. The van der Waals surface area contributed by atoms with Gasteiger partial charge in [-0.15, -0.1) is 0 Å². The topological polar surface area (TPSA) is 21.3 Å². The van der Waals surface area contributed by atoms with Gasteiger partial charge in [-0.3, -0.25) is 0 Å². The summed E-state index contributed by atoms with van der Waals surface area (Å²) in [7, 11) is 0. The van der Waals surface area contributed by atoms with Crippen LogP contribution in [-0.4, -0.2) is 24.8 Å². The van der Waals surface area contributed by atoms with Crippen molar-refractivity contribution in [3.63, 3.8) is 0 Å². The van der Waals surface area contributed by atoms with Gasteiger partial charge < -0.3 is 10.1 Å². The third-order valence-electron chi connectivity index (χ3n) is 3.85. The number of rotatable bonds is 5. The Balaban J connectivity index is 1.58. The van der Waals surface area contributed by atoms with Crippen molar-refractivity contribution in [1.82, 2.24) is 5.32 Å². The van der Waals surface area contributed by atoms with Crippen LogP contribution in [0.1, 0.15) is 46.0 Å². The number of hydrogen-bond donors (Lipinski definition) is 1. The first-order chi connectivity index (χ1) is 6.79. The van der Waals surface area contributed by atoms with Gasteiger partial charge in [0, 0.05) is 18.7 Å². The quantitative estimate of drug-likeness (QED) is 0.730. The van der Waals surface area contributed by atoms with Crippen molar-refractivity contribution in [1.29, 1.82) is 0 Å². The van der Waals surface area contributed by atoms with E-state index in [9.17, 15) is 0 Å². The molecule has 14 heavy (non-hydrogen) atoms. The van der Waals surface area contributed by atoms with E-state index in [1.807, 2.05) is 0 Å². The Morgan fingerprint density at radius 3 is 2.57 bits per heavy atom. The molecule has 2 aliphatic carbocycles. The third kappa shape index (κ3) is 2.29. The smallest absolute Gasteiger partial charge is 0.0604 e. The molecule has 1 N–H and O–H groups in total. The lowest BCUT2D eigenvalue weighted by molar-refractivity contribution is -0.0148. The maximum absolute atomic E-state index is 5.55. The highest BCUT2D eigenvalue weighted by molar-refractivity contribution is 4.90. The molecule has 2 fully saturated rings. The van der Waals surface area contributed by atoms with E-state index in [4.69, 9.17) is 4.74 Å². The Hall–Kier alpha value is -0.0800. The Labute approximate surface area is 87.4 Å². The average Bonchev–Trinajstić information content (AvgIpc) is 1.97. The molecule has 0 spiro atoms. The predicted molar refractivity (Wildman–Crippen MR) is 58.4 cm³/mol. The van der Waals surface area contributed by atoms with Crippen LogP contribution in [0.25, 0.3) is 0 Å². The van der Waals surface area contributed by atoms with Crippen molar-refractivity contribution in [2.45, 2.75) is 64.1 Å². The molecule has 0 aliphatic heterocycles. The zero-order valence-corrected chi connectivity index (χ0v) is 9.46. The van der Waals surface area contributed by atoms with E-state index in [0.29, 0.717) is 6.10 Å². The van der Waals surface area contributed by atoms with Gasteiger partial charge in [-0.05, 0) is 45.4 Å². The average molecular weight is 197 g/mol. The Bertz CT molecular complexity index is 173. The third-order valence-corrected chi connectivity index (χ3v) is 3.85. The summed E-state index contributed by atoms with van der Waals surface area (Å²) in [4.78, 5) is 0. The molecule has 2 rings (SSSR count). The fourth-order valence-corrected chi connectivity index (χ4v) is 2.52. The Kier molecular flexibility index (Phi) is 3.45. The summed E-state index contributed by atoms with van der Waals surface area (Å²) in [6, 6.07) is 1.47. The largest absolute Gasteiger partial charge is 0.378 e. The standard InChI is InChI=1S/C12H23NO/c1-3-14-12-7-11(8-12)13-9(2)10-5-4-6-10/h9-13H,3-8H2,1-2H3. The summed E-state index contributed by atoms with van der Waals surface area (Å²) in [6.45, 7) is 5.30. The molecule has 0 radical (unpaired) electrons. The lowest BCUT2D eigenvalue weighted by atomic mass is 9.79. The minimum absolute atomic E-state index is 0.547. The van der Waals surface area contributed by atoms with Crippen molar-refractivity contribution in [3.8, 4) is 0 Å². The second-order valence-electron chi connectivity index (χ2n) is 4.89. The van der Waals surface area contributed by atoms with Gasteiger partial charge in [0.25, 0.3) is 0 Å². The Morgan fingerprint density at radius 1 is 1.36 bits per heavy atom. The van der Waals surface area contributed by atoms with Gasteiger partial charge >= 0.3 is 0 Å². The fraction of sp³-hybridized carbons (Fsp3) is 1.00. The van der Waals surface area contributed by atoms with Crippen molar-refractivity contribution < 1.29 is 4.74 Å². The van der Waals surface area contributed by atoms with Crippen LogP contribution in [0.15, 0.2) is 0 Å². The van der Waals surface area contributed by atoms with E-state index < -0.39 is 0 Å². The molecule has 0 aromatic rings. The lowest BCUT2D eigenvalue weighted by Gasteiger charge is -2.41. The Morgan fingerprint density at radius 2 is 2.07 bits per heavy atom. The van der Waals surface area contributed by atoms with Crippen molar-refractivity contribution in [3.05, 3.63) is 0 Å². The molecule has 2 saturated carbocycles. The molecular formula is C12H23NO. The van der Waals surface area contributed by atoms with Gasteiger partial charge in [-0.1, -0.05) is 6.42 Å². The van der Waals surface area contributed by atoms with E-state index in [-0.39, 0.29) is 0 Å². The highest BCUT2D eigenvalue weighted by Crippen LogP contribution is 2.31. The van der Waals surface area contributed by atoms with E-state index in [2.05, 4.69) is 19.2 Å². The normalized spacial score (nSPS) is 34.7. The molecule has 0 amide bonds. The molecular weight excluding hydrogens is 174 g/mol. The number of ether oxygens (including phenoxy) is 1. The van der Waals surface area contributed by atoms with Crippen LogP contribution < -0.4 is 5.32 Å². The minimum atomic E-state index is 0.547. The molecule has 1 atom stereocenters. The molecule has 0 aromatic heterocycles. The molecule has 2 aliphatic rings. The molecule has 82 valence electrons. The summed E-state index contributed by atoms with van der Waals surface area (Å²) in [5.41, 5.74) is 0. The molecule has 0 saturated heterocycles. The van der Waals surface area contributed by atoms with Gasteiger partial charge in [0.05, 0.1) is 6.10 Å². The second-order valence-corrected chi connectivity index (χ2v) is 4.89. The van der Waals surface area contributed by atoms with Gasteiger partial charge in [-0.2, -0.15) is 0 Å². The highest BCUT2D eigenvalue weighted by Gasteiger charge is 2.32. The predicted octanol–water partition coefficient (Wildman–Crippen LogP) is 2.33. The van der Waals surface area contributed by atoms with Gasteiger partial charge in [-0.25, -0.2) is 0 Å². The lowest BCUT2D eigenvalue weighted by Crippen LogP contribution is -2.51. The molecule has 2 heteroatoms. The zero-order valence-electron chi connectivity index (χ0n) is 9.46. The molecule has 0 heterocycles. The first-order valence-electron chi connectivity index (χ1n) is 6.17. The summed E-state index contributed by atoms with van der Waals surface area (Å²) >= 11 is 0. The summed E-state index contributed by atoms with van der Waals surface area (Å²) in [6.07, 6.45) is 7.33. The van der Waals surface area contributed by atoms with Gasteiger partial charge in [0.15, 0.2) is 0 Å². The fourth-order valence-electron chi connectivity index (χ4n) is 2.52. The molecule has 2 nitrogen and oxygen atoms in total. The van der Waals surface area contributed by atoms with Crippen molar-refractivity contribution >= 4 is 0 Å². The first-order valence-corrected chi connectivity index (χ1v) is 6.17. The van der Waals surface area contributed by atoms with Crippen LogP contribution in [0.5, 0.6) is 0 Å². The monoisotopic (exact) mass is 197 g/mol. The summed E-state index contributed by atoms with van der Waals surface area (Å²) in [5, 5.41) is 3.73. The van der Waals surface area contributed by atoms with Gasteiger partial charge in [0.2, 0.25) is 0 Å². The van der Waals surface area contributed by atoms with Crippen molar-refractivity contribution in [2.75, 3.05) is 6.61 Å². The van der Waals surface area contributed by atoms with Crippen LogP contribution in [0.2, 0.25) is 0 Å². The SMILES string of the molecule is CCOC1CC(NC(C)C2CCC2)C1. The molecule has 0 bridgehead atoms. The number of nitrogens with one attached hydrogen (secondary N) is 1. The summed E-state index contributed by atoms with van der Waals surface area (Å²) in [5.74, 6) is 0.959. The van der Waals surface area contributed by atoms with Crippen LogP contribution >= 0.6 is 0 Å². The van der Waals surface area contributed by atoms with Crippen molar-refractivity contribution in [2.24, 2.45) is 5.92 Å². The van der Waals surface area contributed by atoms with Crippen LogP contribution in [-0.2, 0) is 4.74 Å². The molecule has 0 aromatic carbocycles. The minimum Gasteiger partial charge on any atom is -0.378 e. The van der Waals surface area contributed by atoms with E-state index in [1.54, 1.807) is 0 Å². The molecule has 1 unspecified atom stereocenters. The second kappa shape index (κ2) is 4.63. The van der Waals surface area contributed by atoms with E-state index in [0.717, 1.165) is 24.6 Å². The summed E-state index contributed by atoms with van der Waals surface area (Å²) < 4.78 is 5.55. The maximum Gasteiger partial charge on any atom is 0.0604 e. The van der Waals surface area contributed by atoms with Gasteiger partial charge in [0.1, 0.15) is 0 Å². The maximum atomic E-state index is 5.55. The van der Waals surface area contributed by atoms with Crippen LogP contribution in [0.3, 0.4) is 0 Å². The van der Waals surface area contributed by atoms with Crippen LogP contribution in [0.4, 0.5) is 0 Å². The van der Waals surface area contributed by atoms with E-state index >= 15 is 0 Å². The van der Waals surface area contributed by atoms with Crippen LogP contribution in [0, 0.1) is 5.92 Å². The van der Waals surface area contributed by atoms with E-state index in [1.165, 1.54) is 32.1 Å².